The predicted octanol–water partition coefficient (Wildman–Crippen LogP) is 3.52. The minimum Gasteiger partial charge on any atom is -0.477 e. The van der Waals surface area contributed by atoms with E-state index in [-0.39, 0.29) is 16.4 Å². The Morgan fingerprint density at radius 2 is 2.06 bits per heavy atom. The molecule has 2 aromatic rings. The second-order valence-electron chi connectivity index (χ2n) is 3.13. The molecular formula is C11H6F2O3S. The lowest BCUT2D eigenvalue weighted by Gasteiger charge is -2.03. The largest absolute Gasteiger partial charge is 0.477 e. The van der Waals surface area contributed by atoms with Crippen molar-refractivity contribution in [1.82, 2.24) is 0 Å². The van der Waals surface area contributed by atoms with E-state index in [0.29, 0.717) is 6.07 Å². The molecular weight excluding hydrogens is 250 g/mol. The molecule has 1 aromatic carbocycles. The molecule has 0 aliphatic carbocycles. The summed E-state index contributed by atoms with van der Waals surface area (Å²) in [6.07, 6.45) is 0. The van der Waals surface area contributed by atoms with Gasteiger partial charge in [-0.05, 0) is 12.1 Å². The number of ether oxygens (including phenoxy) is 1. The van der Waals surface area contributed by atoms with Crippen molar-refractivity contribution in [1.29, 1.82) is 0 Å². The van der Waals surface area contributed by atoms with Gasteiger partial charge in [-0.1, -0.05) is 0 Å². The third-order valence-electron chi connectivity index (χ3n) is 1.91. The van der Waals surface area contributed by atoms with E-state index < -0.39 is 17.6 Å². The van der Waals surface area contributed by atoms with Crippen molar-refractivity contribution in [3.05, 3.63) is 46.2 Å². The normalized spacial score (nSPS) is 10.2. The zero-order chi connectivity index (χ0) is 12.4. The van der Waals surface area contributed by atoms with Crippen LogP contribution >= 0.6 is 11.3 Å². The number of carboxylic acid groups (broad SMARTS) is 1. The molecule has 0 saturated heterocycles. The highest BCUT2D eigenvalue weighted by atomic mass is 32.1. The van der Waals surface area contributed by atoms with E-state index in [2.05, 4.69) is 0 Å². The lowest BCUT2D eigenvalue weighted by molar-refractivity contribution is 0.0702. The van der Waals surface area contributed by atoms with Crippen molar-refractivity contribution in [3.8, 4) is 11.5 Å². The quantitative estimate of drug-likeness (QED) is 0.913. The second kappa shape index (κ2) is 4.50. The van der Waals surface area contributed by atoms with Crippen LogP contribution < -0.4 is 4.74 Å². The predicted molar refractivity (Wildman–Crippen MR) is 57.7 cm³/mol. The molecule has 17 heavy (non-hydrogen) atoms. The molecule has 88 valence electrons. The highest BCUT2D eigenvalue weighted by Gasteiger charge is 2.10. The molecule has 0 amide bonds. The van der Waals surface area contributed by atoms with E-state index in [4.69, 9.17) is 9.84 Å². The van der Waals surface area contributed by atoms with Crippen molar-refractivity contribution >= 4 is 17.3 Å². The van der Waals surface area contributed by atoms with Crippen LogP contribution in [-0.2, 0) is 0 Å². The molecule has 0 spiro atoms. The molecule has 1 N–H and O–H groups in total. The van der Waals surface area contributed by atoms with Gasteiger partial charge in [0.1, 0.15) is 16.4 Å². The first kappa shape index (κ1) is 11.5. The van der Waals surface area contributed by atoms with Gasteiger partial charge in [0.05, 0.1) is 0 Å². The zero-order valence-electron chi connectivity index (χ0n) is 8.31. The van der Waals surface area contributed by atoms with Gasteiger partial charge in [0, 0.05) is 17.5 Å². The van der Waals surface area contributed by atoms with Crippen molar-refractivity contribution in [2.24, 2.45) is 0 Å². The summed E-state index contributed by atoms with van der Waals surface area (Å²) in [6, 6.07) is 4.17. The molecule has 0 fully saturated rings. The van der Waals surface area contributed by atoms with E-state index >= 15 is 0 Å². The van der Waals surface area contributed by atoms with Crippen LogP contribution in [0.4, 0.5) is 8.78 Å². The molecule has 0 aliphatic rings. The first-order chi connectivity index (χ1) is 8.06. The van der Waals surface area contributed by atoms with Crippen LogP contribution in [0.5, 0.6) is 11.5 Å². The highest BCUT2D eigenvalue weighted by Crippen LogP contribution is 2.28. The standard InChI is InChI=1S/C11H6F2O3S/c12-6-1-2-9(8(13)3-6)16-7-4-10(11(14)15)17-5-7/h1-5H,(H,14,15). The Balaban J connectivity index is 2.22. The first-order valence-corrected chi connectivity index (χ1v) is 5.39. The number of benzene rings is 1. The molecule has 0 radical (unpaired) electrons. The summed E-state index contributed by atoms with van der Waals surface area (Å²) in [5.41, 5.74) is 0. The molecule has 0 unspecified atom stereocenters. The van der Waals surface area contributed by atoms with E-state index in [9.17, 15) is 13.6 Å². The molecule has 0 saturated carbocycles. The Kier molecular flexibility index (Phi) is 3.06. The fourth-order valence-corrected chi connectivity index (χ4v) is 1.81. The lowest BCUT2D eigenvalue weighted by Crippen LogP contribution is -1.91. The number of carboxylic acids is 1. The van der Waals surface area contributed by atoms with Gasteiger partial charge in [-0.2, -0.15) is 0 Å². The Morgan fingerprint density at radius 1 is 1.29 bits per heavy atom. The molecule has 0 atom stereocenters. The van der Waals surface area contributed by atoms with Crippen LogP contribution in [0.25, 0.3) is 0 Å². The summed E-state index contributed by atoms with van der Waals surface area (Å²) < 4.78 is 30.9. The molecule has 0 aliphatic heterocycles. The average Bonchev–Trinajstić information content (AvgIpc) is 2.71. The number of aromatic carboxylic acids is 1. The smallest absolute Gasteiger partial charge is 0.346 e. The van der Waals surface area contributed by atoms with Gasteiger partial charge in [-0.3, -0.25) is 0 Å². The maximum atomic E-state index is 13.2. The van der Waals surface area contributed by atoms with Gasteiger partial charge in [0.15, 0.2) is 11.6 Å². The summed E-state index contributed by atoms with van der Waals surface area (Å²) in [4.78, 5) is 10.7. The van der Waals surface area contributed by atoms with Crippen LogP contribution in [0, 0.1) is 11.6 Å². The topological polar surface area (TPSA) is 46.5 Å². The third-order valence-corrected chi connectivity index (χ3v) is 2.80. The minimum absolute atomic E-state index is 0.0857. The summed E-state index contributed by atoms with van der Waals surface area (Å²) >= 11 is 0.965. The first-order valence-electron chi connectivity index (χ1n) is 4.51. The van der Waals surface area contributed by atoms with Crippen LogP contribution in [0.2, 0.25) is 0 Å². The SMILES string of the molecule is O=C(O)c1cc(Oc2ccc(F)cc2F)cs1. The Morgan fingerprint density at radius 3 is 2.65 bits per heavy atom. The number of rotatable bonds is 3. The Labute approximate surface area is 98.9 Å². The van der Waals surface area contributed by atoms with Crippen LogP contribution in [0.1, 0.15) is 9.67 Å². The monoisotopic (exact) mass is 256 g/mol. The fraction of sp³-hybridized carbons (Fsp3) is 0. The van der Waals surface area contributed by atoms with Gasteiger partial charge >= 0.3 is 5.97 Å². The number of thiophene rings is 1. The van der Waals surface area contributed by atoms with Crippen LogP contribution in [-0.4, -0.2) is 11.1 Å². The van der Waals surface area contributed by atoms with Crippen molar-refractivity contribution < 1.29 is 23.4 Å². The van der Waals surface area contributed by atoms with Crippen LogP contribution in [0.15, 0.2) is 29.6 Å². The lowest BCUT2D eigenvalue weighted by atomic mass is 10.3. The molecule has 3 nitrogen and oxygen atoms in total. The van der Waals surface area contributed by atoms with Gasteiger partial charge in [0.2, 0.25) is 0 Å². The highest BCUT2D eigenvalue weighted by molar-refractivity contribution is 7.12. The Bertz CT molecular complexity index is 566. The molecule has 2 rings (SSSR count). The molecule has 1 aromatic heterocycles. The Hall–Kier alpha value is -1.95. The third kappa shape index (κ3) is 2.59. The minimum atomic E-state index is -1.08. The van der Waals surface area contributed by atoms with E-state index in [1.807, 2.05) is 0 Å². The zero-order valence-corrected chi connectivity index (χ0v) is 9.13. The van der Waals surface area contributed by atoms with Crippen molar-refractivity contribution in [3.63, 3.8) is 0 Å². The summed E-state index contributed by atoms with van der Waals surface area (Å²) in [5.74, 6) is -2.57. The second-order valence-corrected chi connectivity index (χ2v) is 4.04. The van der Waals surface area contributed by atoms with Crippen molar-refractivity contribution in [2.75, 3.05) is 0 Å². The van der Waals surface area contributed by atoms with Crippen molar-refractivity contribution in [2.45, 2.75) is 0 Å². The van der Waals surface area contributed by atoms with Gasteiger partial charge in [0.25, 0.3) is 0 Å². The van der Waals surface area contributed by atoms with Gasteiger partial charge in [-0.15, -0.1) is 11.3 Å². The maximum absolute atomic E-state index is 13.2. The summed E-state index contributed by atoms with van der Waals surface area (Å²) in [5, 5.41) is 10.1. The molecule has 1 heterocycles. The fourth-order valence-electron chi connectivity index (χ4n) is 1.17. The van der Waals surface area contributed by atoms with E-state index in [0.717, 1.165) is 23.5 Å². The maximum Gasteiger partial charge on any atom is 0.346 e. The van der Waals surface area contributed by atoms with Crippen LogP contribution in [0.3, 0.4) is 0 Å². The number of hydrogen-bond acceptors (Lipinski definition) is 3. The van der Waals surface area contributed by atoms with Gasteiger partial charge < -0.3 is 9.84 Å². The summed E-state index contributed by atoms with van der Waals surface area (Å²) in [7, 11) is 0. The number of halogens is 2. The molecule has 6 heteroatoms. The van der Waals surface area contributed by atoms with E-state index in [1.54, 1.807) is 0 Å². The number of hydrogen-bond donors (Lipinski definition) is 1. The van der Waals surface area contributed by atoms with Gasteiger partial charge in [-0.25, -0.2) is 13.6 Å². The summed E-state index contributed by atoms with van der Waals surface area (Å²) in [6.45, 7) is 0. The number of carbonyl (C=O) groups is 1. The molecule has 0 bridgehead atoms. The van der Waals surface area contributed by atoms with E-state index in [1.165, 1.54) is 11.4 Å². The average molecular weight is 256 g/mol.